The first-order valence-corrected chi connectivity index (χ1v) is 11.9. The molecule has 0 saturated carbocycles. The molecule has 8 heteroatoms. The number of ether oxygens (including phenoxy) is 3. The first-order chi connectivity index (χ1) is 16.8. The van der Waals surface area contributed by atoms with Crippen molar-refractivity contribution in [3.05, 3.63) is 46.3 Å². The van der Waals surface area contributed by atoms with Gasteiger partial charge in [-0.2, -0.15) is 5.10 Å². The van der Waals surface area contributed by atoms with E-state index in [2.05, 4.69) is 18.1 Å². The van der Waals surface area contributed by atoms with Gasteiger partial charge in [0.05, 0.1) is 32.6 Å². The Kier molecular flexibility index (Phi) is 7.00. The van der Waals surface area contributed by atoms with Crippen molar-refractivity contribution in [2.75, 3.05) is 34.4 Å². The summed E-state index contributed by atoms with van der Waals surface area (Å²) in [4.78, 5) is 19.8. The Morgan fingerprint density at radius 3 is 2.29 bits per heavy atom. The third-order valence-corrected chi connectivity index (χ3v) is 6.92. The first-order valence-electron chi connectivity index (χ1n) is 11.9. The Balaban J connectivity index is 1.49. The van der Waals surface area contributed by atoms with Crippen LogP contribution in [0.4, 0.5) is 0 Å². The third-order valence-electron chi connectivity index (χ3n) is 6.92. The Morgan fingerprint density at radius 2 is 1.71 bits per heavy atom. The van der Waals surface area contributed by atoms with Crippen LogP contribution in [0.3, 0.4) is 0 Å². The zero-order chi connectivity index (χ0) is 25.3. The van der Waals surface area contributed by atoms with Gasteiger partial charge >= 0.3 is 0 Å². The lowest BCUT2D eigenvalue weighted by atomic mass is 9.96. The Hall–Kier alpha value is -3.55. The predicted octanol–water partition coefficient (Wildman–Crippen LogP) is 4.17. The van der Waals surface area contributed by atoms with Crippen LogP contribution in [0.2, 0.25) is 0 Å². The molecule has 0 spiro atoms. The number of hydrogen-bond donors (Lipinski definition) is 0. The van der Waals surface area contributed by atoms with Crippen LogP contribution in [0.5, 0.6) is 17.2 Å². The summed E-state index contributed by atoms with van der Waals surface area (Å²) in [5, 5.41) is 5.61. The number of fused-ring (bicyclic) bond motifs is 1. The van der Waals surface area contributed by atoms with Gasteiger partial charge in [-0.3, -0.25) is 9.48 Å². The number of carbonyl (C=O) groups excluding carboxylic acids is 1. The molecule has 3 aromatic rings. The number of aromatic nitrogens is 3. The maximum Gasteiger partial charge on any atom is 0.223 e. The molecule has 1 amide bonds. The summed E-state index contributed by atoms with van der Waals surface area (Å²) in [5.74, 6) is 2.23. The molecule has 0 saturated heterocycles. The van der Waals surface area contributed by atoms with Crippen LogP contribution < -0.4 is 14.2 Å². The summed E-state index contributed by atoms with van der Waals surface area (Å²) in [5.41, 5.74) is 7.17. The number of nitrogens with zero attached hydrogens (tertiary/aromatic N) is 4. The smallest absolute Gasteiger partial charge is 0.223 e. The molecule has 0 aliphatic carbocycles. The van der Waals surface area contributed by atoms with Crippen LogP contribution in [-0.4, -0.2) is 60.0 Å². The molecular weight excluding hydrogens is 444 g/mol. The van der Waals surface area contributed by atoms with E-state index < -0.39 is 0 Å². The summed E-state index contributed by atoms with van der Waals surface area (Å²) in [7, 11) is 6.81. The highest BCUT2D eigenvalue weighted by molar-refractivity contribution is 5.84. The van der Waals surface area contributed by atoms with Gasteiger partial charge in [0.15, 0.2) is 5.65 Å². The zero-order valence-electron chi connectivity index (χ0n) is 21.7. The van der Waals surface area contributed by atoms with Gasteiger partial charge in [-0.1, -0.05) is 6.08 Å². The molecule has 1 aromatic carbocycles. The number of benzene rings is 1. The summed E-state index contributed by atoms with van der Waals surface area (Å²) in [6.45, 7) is 7.34. The van der Waals surface area contributed by atoms with E-state index in [1.165, 1.54) is 5.56 Å². The Morgan fingerprint density at radius 1 is 1.03 bits per heavy atom. The van der Waals surface area contributed by atoms with E-state index in [0.29, 0.717) is 43.2 Å². The lowest BCUT2D eigenvalue weighted by molar-refractivity contribution is -0.130. The summed E-state index contributed by atoms with van der Waals surface area (Å²) in [6.07, 6.45) is 3.94. The minimum absolute atomic E-state index is 0.149. The standard InChI is InChI=1S/C27H34N4O4/c1-16-21(17(2)28-27-25(16)18(3)29-30(27)4)8-9-24(32)31-12-10-19(11-13-31)26-22(34-6)14-20(33-5)15-23(26)35-7/h10,14-15H,8-9,11-13H2,1-7H3. The molecule has 0 fully saturated rings. The van der Waals surface area contributed by atoms with Gasteiger partial charge < -0.3 is 19.1 Å². The third kappa shape index (κ3) is 4.57. The van der Waals surface area contributed by atoms with Gasteiger partial charge in [-0.15, -0.1) is 0 Å². The molecule has 1 aliphatic heterocycles. The van der Waals surface area contributed by atoms with Crippen LogP contribution in [-0.2, 0) is 18.3 Å². The monoisotopic (exact) mass is 478 g/mol. The highest BCUT2D eigenvalue weighted by Crippen LogP contribution is 2.41. The van der Waals surface area contributed by atoms with Crippen molar-refractivity contribution in [2.45, 2.75) is 40.0 Å². The van der Waals surface area contributed by atoms with Gasteiger partial charge in [-0.25, -0.2) is 4.98 Å². The van der Waals surface area contributed by atoms with Crippen LogP contribution in [0.25, 0.3) is 16.6 Å². The number of hydrogen-bond acceptors (Lipinski definition) is 6. The Labute approximate surface area is 206 Å². The quantitative estimate of drug-likeness (QED) is 0.507. The van der Waals surface area contributed by atoms with Crippen molar-refractivity contribution >= 4 is 22.5 Å². The van der Waals surface area contributed by atoms with Crippen molar-refractivity contribution in [3.8, 4) is 17.2 Å². The second kappa shape index (κ2) is 9.98. The summed E-state index contributed by atoms with van der Waals surface area (Å²) >= 11 is 0. The molecule has 0 radical (unpaired) electrons. The van der Waals surface area contributed by atoms with E-state index in [0.717, 1.165) is 45.5 Å². The highest BCUT2D eigenvalue weighted by Gasteiger charge is 2.24. The molecule has 1 aliphatic rings. The van der Waals surface area contributed by atoms with Gasteiger partial charge in [0.2, 0.25) is 5.91 Å². The molecule has 0 N–H and O–H groups in total. The summed E-state index contributed by atoms with van der Waals surface area (Å²) in [6, 6.07) is 3.71. The summed E-state index contributed by atoms with van der Waals surface area (Å²) < 4.78 is 18.4. The van der Waals surface area contributed by atoms with Gasteiger partial charge in [0.25, 0.3) is 0 Å². The SMILES string of the molecule is COc1cc(OC)c(C2=CCN(C(=O)CCc3c(C)nc4c(c(C)nn4C)c3C)CC2)c(OC)c1. The molecular formula is C27H34N4O4. The van der Waals surface area contributed by atoms with E-state index in [9.17, 15) is 4.79 Å². The fraction of sp³-hybridized carbons (Fsp3) is 0.444. The van der Waals surface area contributed by atoms with Crippen molar-refractivity contribution in [1.82, 2.24) is 19.7 Å². The largest absolute Gasteiger partial charge is 0.496 e. The molecule has 186 valence electrons. The van der Waals surface area contributed by atoms with Crippen molar-refractivity contribution in [2.24, 2.45) is 7.05 Å². The maximum absolute atomic E-state index is 13.1. The first kappa shape index (κ1) is 24.6. The van der Waals surface area contributed by atoms with E-state index in [1.807, 2.05) is 42.6 Å². The van der Waals surface area contributed by atoms with Gasteiger partial charge in [0, 0.05) is 49.8 Å². The average molecular weight is 479 g/mol. The fourth-order valence-electron chi connectivity index (χ4n) is 5.07. The lowest BCUT2D eigenvalue weighted by Gasteiger charge is -2.28. The minimum Gasteiger partial charge on any atom is -0.496 e. The number of aryl methyl sites for hydroxylation is 4. The second-order valence-corrected chi connectivity index (χ2v) is 8.93. The normalized spacial score (nSPS) is 13.7. The molecule has 8 nitrogen and oxygen atoms in total. The number of amides is 1. The van der Waals surface area contributed by atoms with Crippen LogP contribution in [0, 0.1) is 20.8 Å². The minimum atomic E-state index is 0.149. The van der Waals surface area contributed by atoms with E-state index in [4.69, 9.17) is 19.2 Å². The fourth-order valence-corrected chi connectivity index (χ4v) is 5.07. The van der Waals surface area contributed by atoms with E-state index in [-0.39, 0.29) is 5.91 Å². The van der Waals surface area contributed by atoms with Crippen LogP contribution >= 0.6 is 0 Å². The maximum atomic E-state index is 13.1. The number of rotatable bonds is 7. The van der Waals surface area contributed by atoms with Crippen molar-refractivity contribution in [1.29, 1.82) is 0 Å². The van der Waals surface area contributed by atoms with E-state index in [1.54, 1.807) is 21.3 Å². The zero-order valence-corrected chi connectivity index (χ0v) is 21.7. The highest BCUT2D eigenvalue weighted by atomic mass is 16.5. The van der Waals surface area contributed by atoms with Crippen LogP contribution in [0.1, 0.15) is 40.9 Å². The van der Waals surface area contributed by atoms with Gasteiger partial charge in [-0.05, 0) is 50.3 Å². The molecule has 3 heterocycles. The molecule has 35 heavy (non-hydrogen) atoms. The molecule has 4 rings (SSSR count). The molecule has 0 unspecified atom stereocenters. The average Bonchev–Trinajstić information content (AvgIpc) is 3.15. The Bertz CT molecular complexity index is 1280. The van der Waals surface area contributed by atoms with Crippen molar-refractivity contribution < 1.29 is 19.0 Å². The number of pyridine rings is 1. The lowest BCUT2D eigenvalue weighted by Crippen LogP contribution is -2.35. The van der Waals surface area contributed by atoms with E-state index >= 15 is 0 Å². The van der Waals surface area contributed by atoms with Gasteiger partial charge in [0.1, 0.15) is 17.2 Å². The topological polar surface area (TPSA) is 78.7 Å². The predicted molar refractivity (Wildman–Crippen MR) is 136 cm³/mol. The molecule has 0 bridgehead atoms. The second-order valence-electron chi connectivity index (χ2n) is 8.93. The molecule has 0 atom stereocenters. The number of methoxy groups -OCH3 is 3. The van der Waals surface area contributed by atoms with Crippen molar-refractivity contribution in [3.63, 3.8) is 0 Å². The molecule has 2 aromatic heterocycles. The number of carbonyl (C=O) groups is 1. The van der Waals surface area contributed by atoms with Crippen LogP contribution in [0.15, 0.2) is 18.2 Å².